The van der Waals surface area contributed by atoms with Gasteiger partial charge in [-0.25, -0.2) is 0 Å². The largest absolute Gasteiger partial charge is 0.405 e. The maximum atomic E-state index is 13.3. The Kier molecular flexibility index (Phi) is 22.2. The molecule has 282 valence electrons. The quantitative estimate of drug-likeness (QED) is 0.0609. The first-order valence-corrected chi connectivity index (χ1v) is 22.0. The molecule has 2 amide bonds. The molecule has 0 aromatic heterocycles. The molecule has 3 N–H and O–H groups in total. The number of aliphatic hydroxyl groups excluding tert-OH is 1. The first-order valence-electron chi connectivity index (χ1n) is 20.1. The number of amides is 2. The Morgan fingerprint density at radius 3 is 1.62 bits per heavy atom. The molecule has 0 saturated carbocycles. The van der Waals surface area contributed by atoms with Gasteiger partial charge in [0, 0.05) is 13.0 Å². The maximum absolute atomic E-state index is 13.3. The Morgan fingerprint density at radius 2 is 1.14 bits per heavy atom. The van der Waals surface area contributed by atoms with Crippen LogP contribution in [0.2, 0.25) is 5.04 Å². The summed E-state index contributed by atoms with van der Waals surface area (Å²) < 4.78 is 7.16. The second-order valence-corrected chi connectivity index (χ2v) is 19.7. The Balaban J connectivity index is 2.05. The van der Waals surface area contributed by atoms with Crippen LogP contribution in [0.1, 0.15) is 157 Å². The highest BCUT2D eigenvalue weighted by Crippen LogP contribution is 2.36. The zero-order valence-electron chi connectivity index (χ0n) is 32.4. The average Bonchev–Trinajstić information content (AvgIpc) is 3.10. The molecule has 2 rings (SSSR count). The number of hydrogen-bond acceptors (Lipinski definition) is 4. The molecule has 0 aliphatic rings. The van der Waals surface area contributed by atoms with Gasteiger partial charge in [0.05, 0.1) is 25.2 Å². The molecule has 0 heterocycles. The number of hydrogen-bond donors (Lipinski definition) is 3. The molecule has 6 nitrogen and oxygen atoms in total. The zero-order valence-corrected chi connectivity index (χ0v) is 33.4. The summed E-state index contributed by atoms with van der Waals surface area (Å²) >= 11 is 0. The summed E-state index contributed by atoms with van der Waals surface area (Å²) in [6, 6.07) is 20.6. The predicted octanol–water partition coefficient (Wildman–Crippen LogP) is 8.98. The molecule has 0 spiro atoms. The minimum atomic E-state index is -2.83. The van der Waals surface area contributed by atoms with E-state index in [0.717, 1.165) is 25.7 Å². The molecule has 0 unspecified atom stereocenters. The predicted molar refractivity (Wildman–Crippen MR) is 214 cm³/mol. The lowest BCUT2D eigenvalue weighted by molar-refractivity contribution is -0.125. The van der Waals surface area contributed by atoms with Crippen molar-refractivity contribution in [2.75, 3.05) is 13.2 Å². The fraction of sp³-hybridized carbons (Fsp3) is 0.674. The number of nitrogens with one attached hydrogen (secondary N) is 2. The minimum absolute atomic E-state index is 0.00154. The molecular formula is C43H72N2O4Si. The second-order valence-electron chi connectivity index (χ2n) is 15.4. The summed E-state index contributed by atoms with van der Waals surface area (Å²) in [5.74, 6) is -0.195. The fourth-order valence-corrected chi connectivity index (χ4v) is 11.6. The van der Waals surface area contributed by atoms with Crippen LogP contribution in [0, 0.1) is 0 Å². The van der Waals surface area contributed by atoms with Gasteiger partial charge in [-0.15, -0.1) is 0 Å². The molecule has 0 radical (unpaired) electrons. The number of carbonyl (C=O) groups excluding carboxylic acids is 2. The summed E-state index contributed by atoms with van der Waals surface area (Å²) in [6.45, 7) is 11.7. The first-order chi connectivity index (χ1) is 24.1. The van der Waals surface area contributed by atoms with Crippen molar-refractivity contribution < 1.29 is 19.1 Å². The van der Waals surface area contributed by atoms with E-state index >= 15 is 0 Å². The van der Waals surface area contributed by atoms with E-state index < -0.39 is 20.5 Å². The highest BCUT2D eigenvalue weighted by molar-refractivity contribution is 6.99. The second kappa shape index (κ2) is 25.5. The molecule has 0 aliphatic carbocycles. The van der Waals surface area contributed by atoms with Crippen molar-refractivity contribution in [2.24, 2.45) is 0 Å². The summed E-state index contributed by atoms with van der Waals surface area (Å²) in [5, 5.41) is 18.9. The van der Waals surface area contributed by atoms with E-state index in [0.29, 0.717) is 12.8 Å². The van der Waals surface area contributed by atoms with Crippen LogP contribution >= 0.6 is 0 Å². The lowest BCUT2D eigenvalue weighted by Crippen LogP contribution is -2.67. The number of unbranched alkanes of at least 4 members (excludes halogenated alkanes) is 14. The normalized spacial score (nSPS) is 13.2. The molecule has 0 saturated heterocycles. The third kappa shape index (κ3) is 16.7. The van der Waals surface area contributed by atoms with Gasteiger partial charge in [-0.05, 0) is 28.3 Å². The van der Waals surface area contributed by atoms with Crippen LogP contribution in [0.15, 0.2) is 60.7 Å². The van der Waals surface area contributed by atoms with E-state index in [4.69, 9.17) is 4.43 Å². The van der Waals surface area contributed by atoms with Gasteiger partial charge < -0.3 is 20.2 Å². The van der Waals surface area contributed by atoms with Crippen LogP contribution in [-0.2, 0) is 14.0 Å². The van der Waals surface area contributed by atoms with Crippen molar-refractivity contribution in [3.8, 4) is 0 Å². The van der Waals surface area contributed by atoms with Crippen LogP contribution in [0.5, 0.6) is 0 Å². The van der Waals surface area contributed by atoms with Crippen LogP contribution in [0.4, 0.5) is 0 Å². The van der Waals surface area contributed by atoms with Crippen molar-refractivity contribution in [3.63, 3.8) is 0 Å². The summed E-state index contributed by atoms with van der Waals surface area (Å²) in [5.41, 5.74) is 0. The molecule has 2 atom stereocenters. The van der Waals surface area contributed by atoms with Gasteiger partial charge >= 0.3 is 0 Å². The smallest absolute Gasteiger partial charge is 0.261 e. The standard InChI is InChI=1S/C43H72N2O4Si/c1-6-8-10-12-13-14-15-16-17-19-27-33-41(47)45-37(35-44-42(48)34-38(46)28-22-18-11-9-7-2)36-49-50(43(3,4)5,39-29-23-20-24-30-39)40-31-25-21-26-32-40/h20-21,23-26,29-32,37-38,46H,6-19,22,27-28,33-36H2,1-5H3,(H,44,48)(H,45,47)/t37-,38-/m1/s1. The van der Waals surface area contributed by atoms with Crippen molar-refractivity contribution in [1.29, 1.82) is 0 Å². The van der Waals surface area contributed by atoms with E-state index in [9.17, 15) is 14.7 Å². The van der Waals surface area contributed by atoms with Crippen molar-refractivity contribution in [3.05, 3.63) is 60.7 Å². The first kappa shape index (κ1) is 43.7. The van der Waals surface area contributed by atoms with Crippen LogP contribution in [0.3, 0.4) is 0 Å². The monoisotopic (exact) mass is 709 g/mol. The Hall–Kier alpha value is -2.48. The van der Waals surface area contributed by atoms with E-state index in [1.165, 1.54) is 87.4 Å². The highest BCUT2D eigenvalue weighted by Gasteiger charge is 2.50. The number of aliphatic hydroxyl groups is 1. The summed E-state index contributed by atoms with van der Waals surface area (Å²) in [4.78, 5) is 26.2. The van der Waals surface area contributed by atoms with E-state index in [1.54, 1.807) is 0 Å². The third-order valence-corrected chi connectivity index (χ3v) is 14.9. The molecule has 0 bridgehead atoms. The lowest BCUT2D eigenvalue weighted by Gasteiger charge is -2.43. The van der Waals surface area contributed by atoms with Crippen molar-refractivity contribution in [1.82, 2.24) is 10.6 Å². The highest BCUT2D eigenvalue weighted by atomic mass is 28.4. The molecule has 0 fully saturated rings. The molecule has 0 aliphatic heterocycles. The van der Waals surface area contributed by atoms with Gasteiger partial charge in [0.2, 0.25) is 11.8 Å². The zero-order chi connectivity index (χ0) is 36.5. The molecule has 50 heavy (non-hydrogen) atoms. The Morgan fingerprint density at radius 1 is 0.680 bits per heavy atom. The topological polar surface area (TPSA) is 87.7 Å². The van der Waals surface area contributed by atoms with Gasteiger partial charge in [-0.3, -0.25) is 9.59 Å². The molecule has 2 aromatic rings. The van der Waals surface area contributed by atoms with Gasteiger partial charge in [0.25, 0.3) is 8.32 Å². The number of carbonyl (C=O) groups is 2. The van der Waals surface area contributed by atoms with E-state index in [1.807, 2.05) is 12.1 Å². The molecule has 7 heteroatoms. The SMILES string of the molecule is CCCCCCCCCCCCCC(=O)N[C@H](CNC(=O)C[C@H](O)CCCCCCC)CO[Si](c1ccccc1)(c1ccccc1)C(C)(C)C. The third-order valence-electron chi connectivity index (χ3n) is 9.90. The van der Waals surface area contributed by atoms with Gasteiger partial charge in [0.15, 0.2) is 0 Å². The van der Waals surface area contributed by atoms with Crippen LogP contribution in [0.25, 0.3) is 0 Å². The Bertz CT molecular complexity index is 1110. The van der Waals surface area contributed by atoms with E-state index in [2.05, 4.69) is 93.8 Å². The van der Waals surface area contributed by atoms with Gasteiger partial charge in [-0.2, -0.15) is 0 Å². The number of benzene rings is 2. The van der Waals surface area contributed by atoms with E-state index in [-0.39, 0.29) is 36.4 Å². The van der Waals surface area contributed by atoms with Gasteiger partial charge in [0.1, 0.15) is 0 Å². The average molecular weight is 709 g/mol. The number of rotatable bonds is 28. The Labute approximate surface area is 307 Å². The van der Waals surface area contributed by atoms with Crippen LogP contribution in [-0.4, -0.2) is 50.5 Å². The molecular weight excluding hydrogens is 637 g/mol. The lowest BCUT2D eigenvalue weighted by atomic mass is 10.1. The van der Waals surface area contributed by atoms with Crippen molar-refractivity contribution in [2.45, 2.75) is 174 Å². The fourth-order valence-electron chi connectivity index (χ4n) is 7.00. The molecule has 2 aromatic carbocycles. The van der Waals surface area contributed by atoms with Crippen molar-refractivity contribution >= 4 is 30.5 Å². The summed E-state index contributed by atoms with van der Waals surface area (Å²) in [6.07, 6.45) is 19.7. The minimum Gasteiger partial charge on any atom is -0.405 e. The van der Waals surface area contributed by atoms with Crippen LogP contribution < -0.4 is 21.0 Å². The van der Waals surface area contributed by atoms with Gasteiger partial charge in [-0.1, -0.05) is 192 Å². The maximum Gasteiger partial charge on any atom is 0.261 e. The summed E-state index contributed by atoms with van der Waals surface area (Å²) in [7, 11) is -2.83.